The highest BCUT2D eigenvalue weighted by atomic mass is 28.3. The Morgan fingerprint density at radius 3 is 2.53 bits per heavy atom. The summed E-state index contributed by atoms with van der Waals surface area (Å²) in [5, 5.41) is 0. The van der Waals surface area contributed by atoms with E-state index in [1.54, 1.807) is 0 Å². The Morgan fingerprint density at radius 1 is 1.47 bits per heavy atom. The number of rotatable bonds is 4. The van der Waals surface area contributed by atoms with E-state index in [-0.39, 0.29) is 11.7 Å². The molecule has 1 heterocycles. The number of ether oxygens (including phenoxy) is 1. The predicted octanol–water partition coefficient (Wildman–Crippen LogP) is 3.38. The highest BCUT2D eigenvalue weighted by Crippen LogP contribution is 2.41. The van der Waals surface area contributed by atoms with Crippen molar-refractivity contribution in [1.29, 1.82) is 0 Å². The third-order valence-corrected chi connectivity index (χ3v) is 3.38. The van der Waals surface area contributed by atoms with E-state index in [4.69, 9.17) is 4.74 Å². The summed E-state index contributed by atoms with van der Waals surface area (Å²) in [6.07, 6.45) is 5.49. The molecule has 0 spiro atoms. The molecule has 1 fully saturated rings. The maximum absolute atomic E-state index is 5.68. The molecule has 84 valence electrons. The molecular formula is C13H22OSi. The lowest BCUT2D eigenvalue weighted by molar-refractivity contribution is 0.330. The first-order chi connectivity index (χ1) is 6.93. The zero-order chi connectivity index (χ0) is 11.5. The van der Waals surface area contributed by atoms with Gasteiger partial charge in [-0.15, -0.1) is 12.1 Å². The number of epoxide rings is 1. The fourth-order valence-corrected chi connectivity index (χ4v) is 2.11. The van der Waals surface area contributed by atoms with Gasteiger partial charge < -0.3 is 4.74 Å². The molecule has 0 saturated carbocycles. The summed E-state index contributed by atoms with van der Waals surface area (Å²) in [6, 6.07) is 0. The molecule has 0 N–H and O–H groups in total. The SMILES string of the molecule is C=C[C@@H]1O[C@]1(C#C[Si](C)(C)C)CCCC. The van der Waals surface area contributed by atoms with Crippen molar-refractivity contribution in [1.82, 2.24) is 0 Å². The van der Waals surface area contributed by atoms with Crippen molar-refractivity contribution < 1.29 is 4.74 Å². The summed E-state index contributed by atoms with van der Waals surface area (Å²) < 4.78 is 5.68. The average molecular weight is 222 g/mol. The predicted molar refractivity (Wildman–Crippen MR) is 68.4 cm³/mol. The van der Waals surface area contributed by atoms with E-state index in [1.807, 2.05) is 6.08 Å². The van der Waals surface area contributed by atoms with E-state index in [1.165, 1.54) is 12.8 Å². The molecule has 1 rings (SSSR count). The van der Waals surface area contributed by atoms with Crippen LogP contribution in [-0.2, 0) is 4.74 Å². The van der Waals surface area contributed by atoms with Gasteiger partial charge in [-0.3, -0.25) is 0 Å². The lowest BCUT2D eigenvalue weighted by Crippen LogP contribution is -2.19. The van der Waals surface area contributed by atoms with E-state index >= 15 is 0 Å². The Bertz CT molecular complexity index is 292. The summed E-state index contributed by atoms with van der Waals surface area (Å²) in [6.45, 7) is 12.8. The van der Waals surface area contributed by atoms with Crippen LogP contribution in [-0.4, -0.2) is 19.8 Å². The third kappa shape index (κ3) is 3.51. The van der Waals surface area contributed by atoms with Crippen molar-refractivity contribution in [2.75, 3.05) is 0 Å². The van der Waals surface area contributed by atoms with Crippen LogP contribution in [0.4, 0.5) is 0 Å². The molecule has 1 saturated heterocycles. The van der Waals surface area contributed by atoms with Crippen LogP contribution in [0.3, 0.4) is 0 Å². The van der Waals surface area contributed by atoms with Gasteiger partial charge in [0.25, 0.3) is 0 Å². The Kier molecular flexibility index (Phi) is 3.80. The number of hydrogen-bond acceptors (Lipinski definition) is 1. The molecule has 0 aromatic carbocycles. The fraction of sp³-hybridized carbons (Fsp3) is 0.692. The third-order valence-electron chi connectivity index (χ3n) is 2.50. The van der Waals surface area contributed by atoms with Crippen LogP contribution in [0.15, 0.2) is 12.7 Å². The summed E-state index contributed by atoms with van der Waals surface area (Å²) in [5.41, 5.74) is 3.25. The van der Waals surface area contributed by atoms with Crippen molar-refractivity contribution in [2.45, 2.75) is 57.5 Å². The summed E-state index contributed by atoms with van der Waals surface area (Å²) in [7, 11) is -1.28. The van der Waals surface area contributed by atoms with Gasteiger partial charge in [-0.05, 0) is 12.8 Å². The molecule has 1 aliphatic rings. The topological polar surface area (TPSA) is 12.5 Å². The first kappa shape index (κ1) is 12.5. The minimum absolute atomic E-state index is 0.169. The van der Waals surface area contributed by atoms with Crippen molar-refractivity contribution >= 4 is 8.07 Å². The zero-order valence-electron chi connectivity index (χ0n) is 10.4. The van der Waals surface area contributed by atoms with E-state index in [9.17, 15) is 0 Å². The molecule has 0 unspecified atom stereocenters. The molecule has 0 aromatic heterocycles. The van der Waals surface area contributed by atoms with Crippen LogP contribution in [0.2, 0.25) is 19.6 Å². The summed E-state index contributed by atoms with van der Waals surface area (Å²) in [5.74, 6) is 3.36. The van der Waals surface area contributed by atoms with Crippen LogP contribution >= 0.6 is 0 Å². The lowest BCUT2D eigenvalue weighted by atomic mass is 9.99. The van der Waals surface area contributed by atoms with Crippen molar-refractivity contribution in [3.8, 4) is 11.5 Å². The second-order valence-electron chi connectivity index (χ2n) is 5.27. The van der Waals surface area contributed by atoms with Gasteiger partial charge in [0.05, 0.1) is 0 Å². The average Bonchev–Trinajstić information content (AvgIpc) is 2.86. The molecule has 0 bridgehead atoms. The van der Waals surface area contributed by atoms with Crippen LogP contribution in [0.1, 0.15) is 26.2 Å². The molecule has 1 nitrogen and oxygen atoms in total. The normalized spacial score (nSPS) is 29.2. The largest absolute Gasteiger partial charge is 0.348 e. The van der Waals surface area contributed by atoms with Crippen LogP contribution in [0.5, 0.6) is 0 Å². The molecule has 1 aliphatic heterocycles. The monoisotopic (exact) mass is 222 g/mol. The Hall–Kier alpha value is -0.523. The molecule has 2 heteroatoms. The molecular weight excluding hydrogens is 200 g/mol. The van der Waals surface area contributed by atoms with Gasteiger partial charge >= 0.3 is 0 Å². The first-order valence-electron chi connectivity index (χ1n) is 5.78. The molecule has 15 heavy (non-hydrogen) atoms. The number of unbranched alkanes of at least 4 members (excludes halogenated alkanes) is 1. The van der Waals surface area contributed by atoms with Crippen LogP contribution in [0.25, 0.3) is 0 Å². The standard InChI is InChI=1S/C13H22OSi/c1-6-8-9-13(12(7-2)14-13)10-11-15(3,4)5/h7,12H,2,6,8-9H2,1,3-5H3/t12-,13-/m0/s1. The van der Waals surface area contributed by atoms with E-state index in [0.717, 1.165) is 6.42 Å². The maximum Gasteiger partial charge on any atom is 0.158 e. The number of hydrogen-bond donors (Lipinski definition) is 0. The zero-order valence-corrected chi connectivity index (χ0v) is 11.4. The quantitative estimate of drug-likeness (QED) is 0.307. The van der Waals surface area contributed by atoms with Gasteiger partial charge in [-0.2, -0.15) is 0 Å². The van der Waals surface area contributed by atoms with Crippen LogP contribution < -0.4 is 0 Å². The highest BCUT2D eigenvalue weighted by Gasteiger charge is 2.52. The smallest absolute Gasteiger partial charge is 0.158 e. The van der Waals surface area contributed by atoms with E-state index in [0.29, 0.717) is 0 Å². The first-order valence-corrected chi connectivity index (χ1v) is 9.28. The van der Waals surface area contributed by atoms with Gasteiger partial charge in [-0.1, -0.05) is 45.0 Å². The van der Waals surface area contributed by atoms with Gasteiger partial charge in [-0.25, -0.2) is 0 Å². The molecule has 0 radical (unpaired) electrons. The second-order valence-corrected chi connectivity index (χ2v) is 10.0. The Morgan fingerprint density at radius 2 is 2.13 bits per heavy atom. The van der Waals surface area contributed by atoms with E-state index in [2.05, 4.69) is 44.6 Å². The lowest BCUT2D eigenvalue weighted by Gasteiger charge is -2.07. The van der Waals surface area contributed by atoms with Gasteiger partial charge in [0.15, 0.2) is 5.60 Å². The van der Waals surface area contributed by atoms with Gasteiger partial charge in [0.1, 0.15) is 14.2 Å². The fourth-order valence-electron chi connectivity index (χ4n) is 1.53. The van der Waals surface area contributed by atoms with Crippen molar-refractivity contribution in [2.24, 2.45) is 0 Å². The summed E-state index contributed by atoms with van der Waals surface area (Å²) >= 11 is 0. The molecule has 0 amide bonds. The Balaban J connectivity index is 2.67. The minimum Gasteiger partial charge on any atom is -0.348 e. The molecule has 2 atom stereocenters. The molecule has 0 aromatic rings. The van der Waals surface area contributed by atoms with Gasteiger partial charge in [0.2, 0.25) is 0 Å². The van der Waals surface area contributed by atoms with Crippen molar-refractivity contribution in [3.05, 3.63) is 12.7 Å². The highest BCUT2D eigenvalue weighted by molar-refractivity contribution is 6.83. The summed E-state index contributed by atoms with van der Waals surface area (Å²) in [4.78, 5) is 0. The van der Waals surface area contributed by atoms with Crippen molar-refractivity contribution in [3.63, 3.8) is 0 Å². The Labute approximate surface area is 94.9 Å². The van der Waals surface area contributed by atoms with Gasteiger partial charge in [0, 0.05) is 0 Å². The van der Waals surface area contributed by atoms with E-state index < -0.39 is 8.07 Å². The molecule has 0 aliphatic carbocycles. The minimum atomic E-state index is -1.28. The van der Waals surface area contributed by atoms with Crippen LogP contribution in [0, 0.1) is 11.5 Å². The maximum atomic E-state index is 5.68. The second kappa shape index (κ2) is 4.55.